The zero-order valence-electron chi connectivity index (χ0n) is 5.02. The van der Waals surface area contributed by atoms with Crippen LogP contribution < -0.4 is 5.73 Å². The molecule has 3 N–H and O–H groups in total. The van der Waals surface area contributed by atoms with E-state index in [0.29, 0.717) is 0 Å². The van der Waals surface area contributed by atoms with E-state index in [1.54, 1.807) is 6.07 Å². The van der Waals surface area contributed by atoms with Gasteiger partial charge in [-0.25, -0.2) is 9.19 Å². The predicted octanol–water partition coefficient (Wildman–Crippen LogP) is 0.244. The van der Waals surface area contributed by atoms with Crippen molar-refractivity contribution in [3.8, 4) is 0 Å². The lowest BCUT2D eigenvalue weighted by molar-refractivity contribution is 0.561. The summed E-state index contributed by atoms with van der Waals surface area (Å²) in [5.74, 6) is 0. The SMILES string of the molecule is Nc1cccnc1S(=O)O. The Labute approximate surface area is 60.4 Å². The van der Waals surface area contributed by atoms with Crippen LogP contribution in [0.25, 0.3) is 0 Å². The average Bonchev–Trinajstić information content (AvgIpc) is 1.88. The first-order chi connectivity index (χ1) is 4.72. The van der Waals surface area contributed by atoms with Crippen molar-refractivity contribution in [3.63, 3.8) is 0 Å². The maximum absolute atomic E-state index is 10.4. The molecule has 0 radical (unpaired) electrons. The number of nitrogens with zero attached hydrogens (tertiary/aromatic N) is 1. The molecule has 4 nitrogen and oxygen atoms in total. The Morgan fingerprint density at radius 2 is 2.40 bits per heavy atom. The molecule has 0 saturated heterocycles. The lowest BCUT2D eigenvalue weighted by atomic mass is 10.4. The topological polar surface area (TPSA) is 76.2 Å². The lowest BCUT2D eigenvalue weighted by Gasteiger charge is -1.95. The van der Waals surface area contributed by atoms with Crippen molar-refractivity contribution in [3.05, 3.63) is 18.3 Å². The van der Waals surface area contributed by atoms with Crippen LogP contribution in [-0.4, -0.2) is 13.7 Å². The average molecular weight is 158 g/mol. The van der Waals surface area contributed by atoms with E-state index >= 15 is 0 Å². The van der Waals surface area contributed by atoms with E-state index in [4.69, 9.17) is 10.3 Å². The highest BCUT2D eigenvalue weighted by atomic mass is 32.2. The van der Waals surface area contributed by atoms with Crippen molar-refractivity contribution < 1.29 is 8.76 Å². The zero-order valence-corrected chi connectivity index (χ0v) is 5.84. The maximum Gasteiger partial charge on any atom is 0.207 e. The number of aromatic nitrogens is 1. The monoisotopic (exact) mass is 158 g/mol. The van der Waals surface area contributed by atoms with Crippen LogP contribution in [0, 0.1) is 0 Å². The molecule has 0 aliphatic carbocycles. The summed E-state index contributed by atoms with van der Waals surface area (Å²) in [5.41, 5.74) is 5.55. The third kappa shape index (κ3) is 1.31. The zero-order chi connectivity index (χ0) is 7.56. The Morgan fingerprint density at radius 3 is 2.80 bits per heavy atom. The fourth-order valence-electron chi connectivity index (χ4n) is 0.549. The summed E-state index contributed by atoms with van der Waals surface area (Å²) in [6.07, 6.45) is 1.42. The number of rotatable bonds is 1. The third-order valence-corrected chi connectivity index (χ3v) is 1.64. The minimum Gasteiger partial charge on any atom is -0.396 e. The Hall–Kier alpha value is -0.940. The highest BCUT2D eigenvalue weighted by molar-refractivity contribution is 7.79. The normalized spacial score (nSPS) is 12.9. The minimum atomic E-state index is -2.08. The van der Waals surface area contributed by atoms with E-state index in [9.17, 15) is 4.21 Å². The molecule has 1 atom stereocenters. The molecule has 0 aliphatic heterocycles. The summed E-state index contributed by atoms with van der Waals surface area (Å²) in [6, 6.07) is 3.13. The van der Waals surface area contributed by atoms with E-state index in [1.807, 2.05) is 0 Å². The lowest BCUT2D eigenvalue weighted by Crippen LogP contribution is -1.98. The maximum atomic E-state index is 10.4. The number of nitrogens with two attached hydrogens (primary N) is 1. The molecule has 1 rings (SSSR count). The molecule has 0 aromatic carbocycles. The summed E-state index contributed by atoms with van der Waals surface area (Å²) in [7, 11) is 0. The van der Waals surface area contributed by atoms with Gasteiger partial charge in [0.05, 0.1) is 5.69 Å². The van der Waals surface area contributed by atoms with Gasteiger partial charge in [-0.05, 0) is 12.1 Å². The standard InChI is InChI=1S/C5H6N2O2S/c6-4-2-1-3-7-5(4)10(8)9/h1-3H,6H2,(H,8,9). The first-order valence-corrected chi connectivity index (χ1v) is 3.64. The molecule has 1 unspecified atom stereocenters. The molecular formula is C5H6N2O2S. The molecule has 0 bridgehead atoms. The van der Waals surface area contributed by atoms with Crippen LogP contribution in [0.4, 0.5) is 5.69 Å². The molecule has 5 heteroatoms. The third-order valence-electron chi connectivity index (χ3n) is 0.966. The second-order valence-corrected chi connectivity index (χ2v) is 2.53. The number of hydrogen-bond donors (Lipinski definition) is 2. The molecular weight excluding hydrogens is 152 g/mol. The van der Waals surface area contributed by atoms with Crippen LogP contribution in [0.2, 0.25) is 0 Å². The van der Waals surface area contributed by atoms with Crippen molar-refractivity contribution in [2.75, 3.05) is 5.73 Å². The van der Waals surface area contributed by atoms with Crippen molar-refractivity contribution in [2.45, 2.75) is 5.03 Å². The van der Waals surface area contributed by atoms with Gasteiger partial charge < -0.3 is 10.3 Å². The van der Waals surface area contributed by atoms with E-state index in [0.717, 1.165) is 0 Å². The number of anilines is 1. The summed E-state index contributed by atoms with van der Waals surface area (Å²) in [6.45, 7) is 0. The molecule has 0 amide bonds. The fourth-order valence-corrected chi connectivity index (χ4v) is 0.970. The van der Waals surface area contributed by atoms with Gasteiger partial charge in [0.25, 0.3) is 0 Å². The fraction of sp³-hybridized carbons (Fsp3) is 0. The molecule has 54 valence electrons. The summed E-state index contributed by atoms with van der Waals surface area (Å²) in [4.78, 5) is 3.60. The van der Waals surface area contributed by atoms with Crippen molar-refractivity contribution in [2.24, 2.45) is 0 Å². The van der Waals surface area contributed by atoms with E-state index in [1.165, 1.54) is 12.3 Å². The molecule has 0 fully saturated rings. The van der Waals surface area contributed by atoms with Gasteiger partial charge >= 0.3 is 0 Å². The highest BCUT2D eigenvalue weighted by Gasteiger charge is 2.03. The molecule has 0 spiro atoms. The van der Waals surface area contributed by atoms with Crippen molar-refractivity contribution >= 4 is 16.8 Å². The smallest absolute Gasteiger partial charge is 0.207 e. The quantitative estimate of drug-likeness (QED) is 0.574. The molecule has 1 aromatic rings. The summed E-state index contributed by atoms with van der Waals surface area (Å²) in [5, 5.41) is 0.0162. The van der Waals surface area contributed by atoms with Crippen LogP contribution in [0.5, 0.6) is 0 Å². The number of nitrogen functional groups attached to an aromatic ring is 1. The van der Waals surface area contributed by atoms with Crippen LogP contribution in [0.3, 0.4) is 0 Å². The van der Waals surface area contributed by atoms with Crippen LogP contribution in [0.15, 0.2) is 23.4 Å². The Balaban J connectivity index is 3.15. The van der Waals surface area contributed by atoms with Crippen molar-refractivity contribution in [1.29, 1.82) is 0 Å². The molecule has 10 heavy (non-hydrogen) atoms. The van der Waals surface area contributed by atoms with E-state index in [-0.39, 0.29) is 10.7 Å². The minimum absolute atomic E-state index is 0.0162. The van der Waals surface area contributed by atoms with Gasteiger partial charge in [0.2, 0.25) is 11.1 Å². The first kappa shape index (κ1) is 7.17. The van der Waals surface area contributed by atoms with Gasteiger partial charge in [-0.1, -0.05) is 0 Å². The van der Waals surface area contributed by atoms with Gasteiger partial charge in [0.15, 0.2) is 5.03 Å². The van der Waals surface area contributed by atoms with Crippen LogP contribution >= 0.6 is 0 Å². The molecule has 1 aromatic heterocycles. The largest absolute Gasteiger partial charge is 0.396 e. The Morgan fingerprint density at radius 1 is 1.70 bits per heavy atom. The van der Waals surface area contributed by atoms with Gasteiger partial charge in [0, 0.05) is 6.20 Å². The van der Waals surface area contributed by atoms with E-state index < -0.39 is 11.1 Å². The van der Waals surface area contributed by atoms with Gasteiger partial charge in [-0.15, -0.1) is 0 Å². The summed E-state index contributed by atoms with van der Waals surface area (Å²) < 4.78 is 18.9. The first-order valence-electron chi connectivity index (χ1n) is 2.53. The number of pyridine rings is 1. The Bertz CT molecular complexity index is 264. The van der Waals surface area contributed by atoms with Gasteiger partial charge in [-0.2, -0.15) is 0 Å². The highest BCUT2D eigenvalue weighted by Crippen LogP contribution is 2.09. The van der Waals surface area contributed by atoms with Crippen LogP contribution in [-0.2, 0) is 11.1 Å². The van der Waals surface area contributed by atoms with Crippen molar-refractivity contribution in [1.82, 2.24) is 4.98 Å². The van der Waals surface area contributed by atoms with E-state index in [2.05, 4.69) is 4.98 Å². The predicted molar refractivity (Wildman–Crippen MR) is 37.7 cm³/mol. The number of hydrogen-bond acceptors (Lipinski definition) is 3. The Kier molecular flexibility index (Phi) is 1.98. The molecule has 0 saturated carbocycles. The second-order valence-electron chi connectivity index (χ2n) is 1.65. The van der Waals surface area contributed by atoms with Gasteiger partial charge in [0.1, 0.15) is 0 Å². The molecule has 0 aliphatic rings. The van der Waals surface area contributed by atoms with Gasteiger partial charge in [-0.3, -0.25) is 0 Å². The molecule has 1 heterocycles. The second kappa shape index (κ2) is 2.76. The van der Waals surface area contributed by atoms with Crippen LogP contribution in [0.1, 0.15) is 0 Å². The summed E-state index contributed by atoms with van der Waals surface area (Å²) >= 11 is -2.08.